The quantitative estimate of drug-likeness (QED) is 0.671. The summed E-state index contributed by atoms with van der Waals surface area (Å²) in [7, 11) is 0. The number of nitrogens with zero attached hydrogens (tertiary/aromatic N) is 2. The number of carbonyl (C=O) groups excluding carboxylic acids is 2. The second-order valence-electron chi connectivity index (χ2n) is 5.87. The second kappa shape index (κ2) is 8.75. The average Bonchev–Trinajstić information content (AvgIpc) is 3.17. The molecular formula is C20H20N4O3. The molecule has 0 bridgehead atoms. The van der Waals surface area contributed by atoms with E-state index in [-0.39, 0.29) is 18.2 Å². The highest BCUT2D eigenvalue weighted by molar-refractivity contribution is 5.97. The zero-order chi connectivity index (χ0) is 19.1. The predicted molar refractivity (Wildman–Crippen MR) is 101 cm³/mol. The molecule has 0 aliphatic rings. The summed E-state index contributed by atoms with van der Waals surface area (Å²) in [6, 6.07) is 16.3. The van der Waals surface area contributed by atoms with Gasteiger partial charge in [-0.25, -0.2) is 0 Å². The largest absolute Gasteiger partial charge is 0.352 e. The Balaban J connectivity index is 1.55. The first-order valence-corrected chi connectivity index (χ1v) is 8.72. The van der Waals surface area contributed by atoms with Crippen molar-refractivity contribution in [3.8, 4) is 11.4 Å². The number of hydrogen-bond donors (Lipinski definition) is 2. The highest BCUT2D eigenvalue weighted by Gasteiger charge is 2.11. The van der Waals surface area contributed by atoms with Crippen molar-refractivity contribution in [3.05, 3.63) is 66.1 Å². The molecule has 2 aromatic carbocycles. The number of hydrogen-bond acceptors (Lipinski definition) is 5. The SMILES string of the molecule is CCNC(=O)c1cccc(NC(=O)CCc2nc(-c3ccccc3)no2)c1. The molecule has 3 aromatic rings. The standard InChI is InChI=1S/C20H20N4O3/c1-2-21-20(26)15-9-6-10-16(13-15)22-17(25)11-12-18-23-19(24-27-18)14-7-4-3-5-8-14/h3-10,13H,2,11-12H2,1H3,(H,21,26)(H,22,25). The molecule has 3 rings (SSSR count). The van der Waals surface area contributed by atoms with E-state index in [0.717, 1.165) is 5.56 Å². The van der Waals surface area contributed by atoms with Crippen molar-refractivity contribution in [1.29, 1.82) is 0 Å². The van der Waals surface area contributed by atoms with Crippen LogP contribution in [0, 0.1) is 0 Å². The Morgan fingerprint density at radius 3 is 2.67 bits per heavy atom. The third-order valence-corrected chi connectivity index (χ3v) is 3.81. The summed E-state index contributed by atoms with van der Waals surface area (Å²) in [5.41, 5.74) is 1.93. The maximum atomic E-state index is 12.2. The number of aryl methyl sites for hydroxylation is 1. The molecule has 0 unspecified atom stereocenters. The number of nitrogens with one attached hydrogen (secondary N) is 2. The summed E-state index contributed by atoms with van der Waals surface area (Å²) >= 11 is 0. The van der Waals surface area contributed by atoms with Crippen molar-refractivity contribution in [3.63, 3.8) is 0 Å². The van der Waals surface area contributed by atoms with Gasteiger partial charge >= 0.3 is 0 Å². The third kappa shape index (κ3) is 5.01. The molecule has 0 aliphatic heterocycles. The van der Waals surface area contributed by atoms with E-state index in [4.69, 9.17) is 4.52 Å². The summed E-state index contributed by atoms with van der Waals surface area (Å²) < 4.78 is 5.20. The van der Waals surface area contributed by atoms with E-state index in [0.29, 0.717) is 35.9 Å². The van der Waals surface area contributed by atoms with Gasteiger partial charge in [-0.2, -0.15) is 4.98 Å². The normalized spacial score (nSPS) is 10.4. The first kappa shape index (κ1) is 18.3. The molecule has 0 radical (unpaired) electrons. The minimum atomic E-state index is -0.192. The van der Waals surface area contributed by atoms with E-state index in [1.54, 1.807) is 24.3 Å². The lowest BCUT2D eigenvalue weighted by Gasteiger charge is -2.07. The minimum absolute atomic E-state index is 0.173. The Kier molecular flexibility index (Phi) is 5.94. The first-order chi connectivity index (χ1) is 13.2. The fraction of sp³-hybridized carbons (Fsp3) is 0.200. The van der Waals surface area contributed by atoms with Gasteiger partial charge in [0.25, 0.3) is 5.91 Å². The Morgan fingerprint density at radius 1 is 1.07 bits per heavy atom. The van der Waals surface area contributed by atoms with Crippen molar-refractivity contribution in [2.45, 2.75) is 19.8 Å². The topological polar surface area (TPSA) is 97.1 Å². The van der Waals surface area contributed by atoms with Crippen LogP contribution in [-0.2, 0) is 11.2 Å². The molecule has 0 saturated carbocycles. The van der Waals surface area contributed by atoms with E-state index >= 15 is 0 Å². The highest BCUT2D eigenvalue weighted by Crippen LogP contribution is 2.16. The summed E-state index contributed by atoms with van der Waals surface area (Å²) in [6.07, 6.45) is 0.531. The molecule has 2 amide bonds. The van der Waals surface area contributed by atoms with Crippen LogP contribution in [0.15, 0.2) is 59.1 Å². The van der Waals surface area contributed by atoms with Crippen LogP contribution < -0.4 is 10.6 Å². The van der Waals surface area contributed by atoms with E-state index < -0.39 is 0 Å². The second-order valence-corrected chi connectivity index (χ2v) is 5.87. The van der Waals surface area contributed by atoms with Gasteiger partial charge in [-0.1, -0.05) is 41.6 Å². The monoisotopic (exact) mass is 364 g/mol. The number of anilines is 1. The zero-order valence-electron chi connectivity index (χ0n) is 14.9. The molecule has 0 saturated heterocycles. The van der Waals surface area contributed by atoms with Crippen LogP contribution in [0.25, 0.3) is 11.4 Å². The van der Waals surface area contributed by atoms with Crippen LogP contribution in [0.4, 0.5) is 5.69 Å². The van der Waals surface area contributed by atoms with Crippen LogP contribution in [0.1, 0.15) is 29.6 Å². The van der Waals surface area contributed by atoms with Gasteiger partial charge in [0.2, 0.25) is 17.6 Å². The Labute approximate surface area is 156 Å². The molecule has 1 aromatic heterocycles. The average molecular weight is 364 g/mol. The summed E-state index contributed by atoms with van der Waals surface area (Å²) in [5, 5.41) is 9.44. The van der Waals surface area contributed by atoms with Gasteiger partial charge in [0.1, 0.15) is 0 Å². The van der Waals surface area contributed by atoms with Gasteiger partial charge in [0.15, 0.2) is 0 Å². The van der Waals surface area contributed by atoms with Gasteiger partial charge in [0, 0.05) is 36.2 Å². The van der Waals surface area contributed by atoms with Gasteiger partial charge < -0.3 is 15.2 Å². The Hall–Kier alpha value is -3.48. The van der Waals surface area contributed by atoms with Crippen molar-refractivity contribution < 1.29 is 14.1 Å². The molecular weight excluding hydrogens is 344 g/mol. The lowest BCUT2D eigenvalue weighted by molar-refractivity contribution is -0.116. The lowest BCUT2D eigenvalue weighted by atomic mass is 10.2. The van der Waals surface area contributed by atoms with Crippen LogP contribution in [0.3, 0.4) is 0 Å². The Morgan fingerprint density at radius 2 is 1.89 bits per heavy atom. The summed E-state index contributed by atoms with van der Waals surface area (Å²) in [5.74, 6) is 0.538. The number of carbonyl (C=O) groups is 2. The molecule has 7 nitrogen and oxygen atoms in total. The predicted octanol–water partition coefficient (Wildman–Crippen LogP) is 3.06. The van der Waals surface area contributed by atoms with E-state index in [1.807, 2.05) is 37.3 Å². The summed E-state index contributed by atoms with van der Waals surface area (Å²) in [6.45, 7) is 2.40. The number of rotatable bonds is 7. The number of aromatic nitrogens is 2. The molecule has 138 valence electrons. The minimum Gasteiger partial charge on any atom is -0.352 e. The van der Waals surface area contributed by atoms with Gasteiger partial charge in [-0.05, 0) is 25.1 Å². The van der Waals surface area contributed by atoms with Crippen LogP contribution in [0.2, 0.25) is 0 Å². The smallest absolute Gasteiger partial charge is 0.251 e. The van der Waals surface area contributed by atoms with Crippen LogP contribution in [0.5, 0.6) is 0 Å². The maximum Gasteiger partial charge on any atom is 0.251 e. The number of benzene rings is 2. The third-order valence-electron chi connectivity index (χ3n) is 3.81. The van der Waals surface area contributed by atoms with Crippen molar-refractivity contribution in [1.82, 2.24) is 15.5 Å². The van der Waals surface area contributed by atoms with Crippen LogP contribution in [-0.4, -0.2) is 28.5 Å². The van der Waals surface area contributed by atoms with E-state index in [2.05, 4.69) is 20.8 Å². The van der Waals surface area contributed by atoms with Gasteiger partial charge in [-0.3, -0.25) is 9.59 Å². The first-order valence-electron chi connectivity index (χ1n) is 8.72. The Bertz CT molecular complexity index is 922. The highest BCUT2D eigenvalue weighted by atomic mass is 16.5. The van der Waals surface area contributed by atoms with Crippen molar-refractivity contribution >= 4 is 17.5 Å². The van der Waals surface area contributed by atoms with Gasteiger partial charge in [0.05, 0.1) is 0 Å². The number of amides is 2. The zero-order valence-corrected chi connectivity index (χ0v) is 14.9. The fourth-order valence-corrected chi connectivity index (χ4v) is 2.51. The molecule has 27 heavy (non-hydrogen) atoms. The summed E-state index contributed by atoms with van der Waals surface area (Å²) in [4.78, 5) is 28.3. The van der Waals surface area contributed by atoms with Gasteiger partial charge in [-0.15, -0.1) is 0 Å². The lowest BCUT2D eigenvalue weighted by Crippen LogP contribution is -2.22. The molecule has 0 atom stereocenters. The van der Waals surface area contributed by atoms with Crippen LogP contribution >= 0.6 is 0 Å². The van der Waals surface area contributed by atoms with Crippen molar-refractivity contribution in [2.24, 2.45) is 0 Å². The molecule has 1 heterocycles. The fourth-order valence-electron chi connectivity index (χ4n) is 2.51. The molecule has 2 N–H and O–H groups in total. The van der Waals surface area contributed by atoms with E-state index in [9.17, 15) is 9.59 Å². The molecule has 7 heteroatoms. The van der Waals surface area contributed by atoms with Crippen molar-refractivity contribution in [2.75, 3.05) is 11.9 Å². The molecule has 0 spiro atoms. The maximum absolute atomic E-state index is 12.2. The molecule has 0 aliphatic carbocycles. The molecule has 0 fully saturated rings. The van der Waals surface area contributed by atoms with E-state index in [1.165, 1.54) is 0 Å².